The lowest BCUT2D eigenvalue weighted by Crippen LogP contribution is -2.20. The van der Waals surface area contributed by atoms with Crippen LogP contribution in [0.3, 0.4) is 0 Å². The third-order valence-corrected chi connectivity index (χ3v) is 2.52. The van der Waals surface area contributed by atoms with Crippen molar-refractivity contribution in [2.45, 2.75) is 6.42 Å². The fraction of sp³-hybridized carbons (Fsp3) is 0.273. The van der Waals surface area contributed by atoms with Crippen LogP contribution in [0.2, 0.25) is 0 Å². The smallest absolute Gasteiger partial charge is 0.103 e. The molecule has 1 aromatic heterocycles. The topological polar surface area (TPSA) is 74.8 Å². The van der Waals surface area contributed by atoms with E-state index in [4.69, 9.17) is 11.1 Å². The van der Waals surface area contributed by atoms with Crippen molar-refractivity contribution in [1.82, 2.24) is 10.3 Å². The molecule has 2 rings (SSSR count). The van der Waals surface area contributed by atoms with Gasteiger partial charge < -0.3 is 16.5 Å². The summed E-state index contributed by atoms with van der Waals surface area (Å²) in [6.07, 6.45) is 6.12. The Morgan fingerprint density at radius 3 is 3.00 bits per heavy atom. The summed E-state index contributed by atoms with van der Waals surface area (Å²) in [6, 6.07) is 1.89. The number of anilines is 1. The molecule has 0 radical (unpaired) electrons. The normalized spacial score (nSPS) is 15.9. The van der Waals surface area contributed by atoms with Gasteiger partial charge in [-0.25, -0.2) is 0 Å². The van der Waals surface area contributed by atoms with Crippen LogP contribution in [0.15, 0.2) is 18.3 Å². The molecule has 1 aliphatic rings. The number of hydrogen-bond acceptors (Lipinski definition) is 4. The third-order valence-electron chi connectivity index (χ3n) is 2.52. The molecule has 0 aromatic carbocycles. The van der Waals surface area contributed by atoms with Gasteiger partial charge in [0.2, 0.25) is 0 Å². The SMILES string of the molecule is N=Cc1ncc(C2=CCNCC2)cc1N. The number of nitrogens with one attached hydrogen (secondary N) is 2. The minimum absolute atomic E-state index is 0.535. The molecule has 2 heterocycles. The number of pyridine rings is 1. The molecule has 0 saturated heterocycles. The van der Waals surface area contributed by atoms with Crippen LogP contribution in [0.25, 0.3) is 5.57 Å². The Labute approximate surface area is 88.7 Å². The first kappa shape index (κ1) is 9.86. The van der Waals surface area contributed by atoms with Crippen LogP contribution in [-0.4, -0.2) is 24.3 Å². The molecule has 15 heavy (non-hydrogen) atoms. The maximum absolute atomic E-state index is 7.11. The van der Waals surface area contributed by atoms with Gasteiger partial charge in [-0.15, -0.1) is 0 Å². The lowest BCUT2D eigenvalue weighted by molar-refractivity contribution is 0.738. The molecule has 0 aliphatic carbocycles. The maximum Gasteiger partial charge on any atom is 0.103 e. The van der Waals surface area contributed by atoms with Crippen molar-refractivity contribution in [2.75, 3.05) is 18.8 Å². The molecule has 78 valence electrons. The molecule has 4 nitrogen and oxygen atoms in total. The zero-order valence-corrected chi connectivity index (χ0v) is 8.46. The summed E-state index contributed by atoms with van der Waals surface area (Å²) in [6.45, 7) is 1.90. The first-order valence-corrected chi connectivity index (χ1v) is 4.97. The second kappa shape index (κ2) is 4.23. The van der Waals surface area contributed by atoms with E-state index in [2.05, 4.69) is 16.4 Å². The molecule has 0 unspecified atom stereocenters. The highest BCUT2D eigenvalue weighted by Gasteiger charge is 2.07. The number of rotatable bonds is 2. The Hall–Kier alpha value is -1.68. The van der Waals surface area contributed by atoms with Gasteiger partial charge in [-0.3, -0.25) is 4.98 Å². The van der Waals surface area contributed by atoms with E-state index >= 15 is 0 Å². The Balaban J connectivity index is 2.33. The standard InChI is InChI=1S/C11H14N4/c12-6-11-10(13)5-9(7-15-11)8-1-3-14-4-2-8/h1,5-7,12,14H,2-4,13H2. The van der Waals surface area contributed by atoms with E-state index in [1.54, 1.807) is 6.20 Å². The van der Waals surface area contributed by atoms with Crippen LogP contribution in [0.4, 0.5) is 5.69 Å². The van der Waals surface area contributed by atoms with E-state index in [9.17, 15) is 0 Å². The number of nitrogens with zero attached hydrogens (tertiary/aromatic N) is 1. The lowest BCUT2D eigenvalue weighted by atomic mass is 10.0. The van der Waals surface area contributed by atoms with E-state index in [0.29, 0.717) is 11.4 Å². The van der Waals surface area contributed by atoms with Gasteiger partial charge in [-0.05, 0) is 30.2 Å². The average Bonchev–Trinajstić information content (AvgIpc) is 2.30. The highest BCUT2D eigenvalue weighted by atomic mass is 14.8. The number of aromatic nitrogens is 1. The molecule has 0 spiro atoms. The number of nitrogen functional groups attached to an aromatic ring is 1. The van der Waals surface area contributed by atoms with Crippen molar-refractivity contribution in [3.8, 4) is 0 Å². The van der Waals surface area contributed by atoms with Gasteiger partial charge in [0, 0.05) is 19.0 Å². The summed E-state index contributed by atoms with van der Waals surface area (Å²) >= 11 is 0. The Morgan fingerprint density at radius 2 is 2.40 bits per heavy atom. The first-order chi connectivity index (χ1) is 7.31. The van der Waals surface area contributed by atoms with Crippen molar-refractivity contribution in [2.24, 2.45) is 0 Å². The van der Waals surface area contributed by atoms with E-state index in [1.165, 1.54) is 11.8 Å². The predicted molar refractivity (Wildman–Crippen MR) is 62.0 cm³/mol. The van der Waals surface area contributed by atoms with Gasteiger partial charge in [0.05, 0.1) is 5.69 Å². The van der Waals surface area contributed by atoms with Crippen molar-refractivity contribution >= 4 is 17.5 Å². The Bertz CT molecular complexity index is 409. The Kier molecular flexibility index (Phi) is 2.78. The van der Waals surface area contributed by atoms with Gasteiger partial charge in [-0.1, -0.05) is 6.08 Å². The lowest BCUT2D eigenvalue weighted by Gasteiger charge is -2.14. The number of hydrogen-bond donors (Lipinski definition) is 3. The van der Waals surface area contributed by atoms with E-state index in [-0.39, 0.29) is 0 Å². The van der Waals surface area contributed by atoms with Crippen LogP contribution >= 0.6 is 0 Å². The van der Waals surface area contributed by atoms with Crippen LogP contribution in [0.1, 0.15) is 17.7 Å². The second-order valence-corrected chi connectivity index (χ2v) is 3.53. The minimum atomic E-state index is 0.535. The number of nitrogens with two attached hydrogens (primary N) is 1. The summed E-state index contributed by atoms with van der Waals surface area (Å²) in [5, 5.41) is 10.4. The second-order valence-electron chi connectivity index (χ2n) is 3.53. The third kappa shape index (κ3) is 2.05. The maximum atomic E-state index is 7.11. The molecular weight excluding hydrogens is 188 g/mol. The molecule has 0 atom stereocenters. The van der Waals surface area contributed by atoms with Crippen LogP contribution in [-0.2, 0) is 0 Å². The van der Waals surface area contributed by atoms with E-state index in [1.807, 2.05) is 6.07 Å². The summed E-state index contributed by atoms with van der Waals surface area (Å²) in [4.78, 5) is 4.14. The van der Waals surface area contributed by atoms with Crippen LogP contribution < -0.4 is 11.1 Å². The quantitative estimate of drug-likeness (QED) is 0.627. The van der Waals surface area contributed by atoms with Gasteiger partial charge in [0.15, 0.2) is 0 Å². The predicted octanol–water partition coefficient (Wildman–Crippen LogP) is 1.04. The molecule has 1 aliphatic heterocycles. The summed E-state index contributed by atoms with van der Waals surface area (Å²) in [7, 11) is 0. The van der Waals surface area contributed by atoms with Crippen molar-refractivity contribution in [3.05, 3.63) is 29.6 Å². The van der Waals surface area contributed by atoms with Gasteiger partial charge >= 0.3 is 0 Å². The van der Waals surface area contributed by atoms with Crippen molar-refractivity contribution < 1.29 is 0 Å². The highest BCUT2D eigenvalue weighted by molar-refractivity contribution is 5.83. The highest BCUT2D eigenvalue weighted by Crippen LogP contribution is 2.21. The fourth-order valence-corrected chi connectivity index (χ4v) is 1.67. The minimum Gasteiger partial charge on any atom is -0.397 e. The first-order valence-electron chi connectivity index (χ1n) is 4.97. The average molecular weight is 202 g/mol. The van der Waals surface area contributed by atoms with Crippen molar-refractivity contribution in [3.63, 3.8) is 0 Å². The Morgan fingerprint density at radius 1 is 1.53 bits per heavy atom. The molecule has 1 aromatic rings. The largest absolute Gasteiger partial charge is 0.397 e. The van der Waals surface area contributed by atoms with Crippen molar-refractivity contribution in [1.29, 1.82) is 5.41 Å². The molecule has 0 amide bonds. The zero-order chi connectivity index (χ0) is 10.7. The summed E-state index contributed by atoms with van der Waals surface area (Å²) in [5.74, 6) is 0. The molecule has 0 saturated carbocycles. The fourth-order valence-electron chi connectivity index (χ4n) is 1.67. The molecule has 0 fully saturated rings. The molecule has 0 bridgehead atoms. The molecule has 4 N–H and O–H groups in total. The summed E-state index contributed by atoms with van der Waals surface area (Å²) < 4.78 is 0. The van der Waals surface area contributed by atoms with E-state index in [0.717, 1.165) is 25.1 Å². The monoisotopic (exact) mass is 202 g/mol. The van der Waals surface area contributed by atoms with Crippen LogP contribution in [0, 0.1) is 5.41 Å². The summed E-state index contributed by atoms with van der Waals surface area (Å²) in [5.41, 5.74) is 9.24. The van der Waals surface area contributed by atoms with Gasteiger partial charge in [0.25, 0.3) is 0 Å². The molecule has 4 heteroatoms. The van der Waals surface area contributed by atoms with Gasteiger partial charge in [-0.2, -0.15) is 0 Å². The zero-order valence-electron chi connectivity index (χ0n) is 8.46. The van der Waals surface area contributed by atoms with Gasteiger partial charge in [0.1, 0.15) is 5.69 Å². The van der Waals surface area contributed by atoms with Crippen LogP contribution in [0.5, 0.6) is 0 Å². The molecular formula is C11H14N4. The van der Waals surface area contributed by atoms with E-state index < -0.39 is 0 Å².